The van der Waals surface area contributed by atoms with Crippen LogP contribution in [0.2, 0.25) is 0 Å². The number of aromatic hydroxyl groups is 1. The molecule has 0 spiro atoms. The molecular weight excluding hydrogens is 254 g/mol. The van der Waals surface area contributed by atoms with E-state index in [1.165, 1.54) is 0 Å². The van der Waals surface area contributed by atoms with Crippen molar-refractivity contribution in [3.05, 3.63) is 53.5 Å². The van der Waals surface area contributed by atoms with Crippen molar-refractivity contribution < 1.29 is 14.6 Å². The quantitative estimate of drug-likeness (QED) is 0.801. The summed E-state index contributed by atoms with van der Waals surface area (Å²) in [5, 5.41) is 22.9. The van der Waals surface area contributed by atoms with Crippen LogP contribution in [0.15, 0.2) is 41.0 Å². The third-order valence-electron chi connectivity index (χ3n) is 3.95. The van der Waals surface area contributed by atoms with Crippen LogP contribution in [0.4, 0.5) is 0 Å². The normalized spacial score (nSPS) is 19.6. The van der Waals surface area contributed by atoms with Gasteiger partial charge < -0.3 is 14.6 Å². The van der Waals surface area contributed by atoms with Crippen molar-refractivity contribution in [3.8, 4) is 5.75 Å². The maximum absolute atomic E-state index is 9.95. The van der Waals surface area contributed by atoms with Gasteiger partial charge >= 0.3 is 0 Å². The monoisotopic (exact) mass is 273 g/mol. The predicted octanol–water partition coefficient (Wildman–Crippen LogP) is 2.69. The SMILES string of the molecule is OC[C@@H](N[C@H]1CCCc2c(O)cccc21)c1ccco1. The van der Waals surface area contributed by atoms with E-state index in [4.69, 9.17) is 4.42 Å². The summed E-state index contributed by atoms with van der Waals surface area (Å²) < 4.78 is 5.37. The molecule has 1 aliphatic carbocycles. The number of aliphatic hydroxyl groups excluding tert-OH is 1. The van der Waals surface area contributed by atoms with Gasteiger partial charge in [0.1, 0.15) is 11.5 Å². The maximum Gasteiger partial charge on any atom is 0.123 e. The van der Waals surface area contributed by atoms with E-state index in [2.05, 4.69) is 5.32 Å². The van der Waals surface area contributed by atoms with Crippen LogP contribution in [0.5, 0.6) is 5.75 Å². The Morgan fingerprint density at radius 1 is 1.30 bits per heavy atom. The van der Waals surface area contributed by atoms with E-state index in [0.29, 0.717) is 5.75 Å². The highest BCUT2D eigenvalue weighted by molar-refractivity contribution is 5.42. The average Bonchev–Trinajstić information content (AvgIpc) is 2.99. The lowest BCUT2D eigenvalue weighted by molar-refractivity contribution is 0.210. The van der Waals surface area contributed by atoms with Crippen LogP contribution in [0.25, 0.3) is 0 Å². The summed E-state index contributed by atoms with van der Waals surface area (Å²) in [6.07, 6.45) is 4.54. The van der Waals surface area contributed by atoms with Crippen molar-refractivity contribution in [2.75, 3.05) is 6.61 Å². The lowest BCUT2D eigenvalue weighted by Gasteiger charge is -2.29. The molecule has 20 heavy (non-hydrogen) atoms. The van der Waals surface area contributed by atoms with Gasteiger partial charge in [0.15, 0.2) is 0 Å². The Balaban J connectivity index is 1.84. The summed E-state index contributed by atoms with van der Waals surface area (Å²) in [4.78, 5) is 0. The van der Waals surface area contributed by atoms with Gasteiger partial charge in [-0.3, -0.25) is 5.32 Å². The Morgan fingerprint density at radius 3 is 2.95 bits per heavy atom. The highest BCUT2D eigenvalue weighted by Gasteiger charge is 2.25. The first-order chi connectivity index (χ1) is 9.79. The Bertz CT molecular complexity index is 565. The highest BCUT2D eigenvalue weighted by Crippen LogP contribution is 2.35. The average molecular weight is 273 g/mol. The van der Waals surface area contributed by atoms with Gasteiger partial charge in [0, 0.05) is 6.04 Å². The zero-order valence-electron chi connectivity index (χ0n) is 11.2. The van der Waals surface area contributed by atoms with Gasteiger partial charge in [-0.1, -0.05) is 12.1 Å². The molecule has 4 heteroatoms. The molecule has 0 aliphatic heterocycles. The number of hydrogen-bond acceptors (Lipinski definition) is 4. The first-order valence-corrected chi connectivity index (χ1v) is 7.00. The second kappa shape index (κ2) is 5.69. The van der Waals surface area contributed by atoms with Crippen molar-refractivity contribution >= 4 is 0 Å². The predicted molar refractivity (Wildman–Crippen MR) is 75.5 cm³/mol. The largest absolute Gasteiger partial charge is 0.508 e. The van der Waals surface area contributed by atoms with Gasteiger partial charge in [-0.2, -0.15) is 0 Å². The van der Waals surface area contributed by atoms with Crippen molar-refractivity contribution in [3.63, 3.8) is 0 Å². The molecule has 0 radical (unpaired) electrons. The van der Waals surface area contributed by atoms with Crippen LogP contribution in [-0.4, -0.2) is 16.8 Å². The molecule has 1 aromatic carbocycles. The fourth-order valence-corrected chi connectivity index (χ4v) is 2.96. The molecule has 0 bridgehead atoms. The Hall–Kier alpha value is -1.78. The molecule has 2 atom stereocenters. The molecule has 4 nitrogen and oxygen atoms in total. The van der Waals surface area contributed by atoms with Gasteiger partial charge in [0.05, 0.1) is 18.9 Å². The van der Waals surface area contributed by atoms with Gasteiger partial charge in [-0.05, 0) is 48.6 Å². The molecule has 1 aliphatic rings. The molecule has 1 aromatic heterocycles. The van der Waals surface area contributed by atoms with E-state index in [9.17, 15) is 10.2 Å². The number of benzene rings is 1. The summed E-state index contributed by atoms with van der Waals surface area (Å²) >= 11 is 0. The van der Waals surface area contributed by atoms with Gasteiger partial charge in [0.2, 0.25) is 0 Å². The van der Waals surface area contributed by atoms with Crippen LogP contribution >= 0.6 is 0 Å². The van der Waals surface area contributed by atoms with Crippen molar-refractivity contribution in [1.82, 2.24) is 5.32 Å². The summed E-state index contributed by atoms with van der Waals surface area (Å²) in [6.45, 7) is -0.0157. The Morgan fingerprint density at radius 2 is 2.20 bits per heavy atom. The molecule has 0 unspecified atom stereocenters. The molecule has 106 valence electrons. The van der Waals surface area contributed by atoms with Crippen LogP contribution in [-0.2, 0) is 6.42 Å². The molecule has 3 rings (SSSR count). The third-order valence-corrected chi connectivity index (χ3v) is 3.95. The minimum atomic E-state index is -0.219. The highest BCUT2D eigenvalue weighted by atomic mass is 16.3. The van der Waals surface area contributed by atoms with Crippen molar-refractivity contribution in [1.29, 1.82) is 0 Å². The number of nitrogens with one attached hydrogen (secondary N) is 1. The second-order valence-corrected chi connectivity index (χ2v) is 5.21. The number of fused-ring (bicyclic) bond motifs is 1. The van der Waals surface area contributed by atoms with Crippen LogP contribution in [0.1, 0.15) is 41.8 Å². The molecule has 0 amide bonds. The zero-order chi connectivity index (χ0) is 13.9. The Labute approximate surface area is 118 Å². The summed E-state index contributed by atoms with van der Waals surface area (Å²) in [5.74, 6) is 1.10. The number of furan rings is 1. The standard InChI is InChI=1S/C16H19NO3/c18-10-14(16-8-3-9-20-16)17-13-6-1-5-12-11(13)4-2-7-15(12)19/h2-4,7-9,13-14,17-19H,1,5-6,10H2/t13-,14+/m0/s1. The number of phenols is 1. The lowest BCUT2D eigenvalue weighted by atomic mass is 9.86. The number of aliphatic hydroxyl groups is 1. The maximum atomic E-state index is 9.95. The second-order valence-electron chi connectivity index (χ2n) is 5.21. The van der Waals surface area contributed by atoms with Crippen LogP contribution in [0, 0.1) is 0 Å². The zero-order valence-corrected chi connectivity index (χ0v) is 11.2. The molecule has 0 saturated heterocycles. The first kappa shape index (κ1) is 13.2. The molecular formula is C16H19NO3. The van der Waals surface area contributed by atoms with E-state index < -0.39 is 0 Å². The van der Waals surface area contributed by atoms with E-state index >= 15 is 0 Å². The summed E-state index contributed by atoms with van der Waals surface area (Å²) in [7, 11) is 0. The summed E-state index contributed by atoms with van der Waals surface area (Å²) in [5.41, 5.74) is 2.15. The van der Waals surface area contributed by atoms with E-state index in [0.717, 1.165) is 36.1 Å². The number of phenolic OH excluding ortho intramolecular Hbond substituents is 1. The minimum Gasteiger partial charge on any atom is -0.508 e. The smallest absolute Gasteiger partial charge is 0.123 e. The van der Waals surface area contributed by atoms with Gasteiger partial charge in [0.25, 0.3) is 0 Å². The molecule has 1 heterocycles. The molecule has 2 aromatic rings. The van der Waals surface area contributed by atoms with Crippen molar-refractivity contribution in [2.24, 2.45) is 0 Å². The van der Waals surface area contributed by atoms with E-state index in [1.54, 1.807) is 12.3 Å². The van der Waals surface area contributed by atoms with Crippen LogP contribution in [0.3, 0.4) is 0 Å². The van der Waals surface area contributed by atoms with Crippen molar-refractivity contribution in [2.45, 2.75) is 31.3 Å². The van der Waals surface area contributed by atoms with Gasteiger partial charge in [-0.25, -0.2) is 0 Å². The van der Waals surface area contributed by atoms with Crippen LogP contribution < -0.4 is 5.32 Å². The number of hydrogen-bond donors (Lipinski definition) is 3. The lowest BCUT2D eigenvalue weighted by Crippen LogP contribution is -2.31. The topological polar surface area (TPSA) is 65.6 Å². The fraction of sp³-hybridized carbons (Fsp3) is 0.375. The third kappa shape index (κ3) is 2.44. The first-order valence-electron chi connectivity index (χ1n) is 7.00. The fourth-order valence-electron chi connectivity index (χ4n) is 2.96. The van der Waals surface area contributed by atoms with E-state index in [1.807, 2.05) is 24.3 Å². The molecule has 3 N–H and O–H groups in total. The Kier molecular flexibility index (Phi) is 3.76. The molecule has 0 fully saturated rings. The summed E-state index contributed by atoms with van der Waals surface area (Å²) in [6, 6.07) is 9.24. The van der Waals surface area contributed by atoms with Gasteiger partial charge in [-0.15, -0.1) is 0 Å². The molecule has 0 saturated carbocycles. The minimum absolute atomic E-state index is 0.0157. The number of rotatable bonds is 4. The van der Waals surface area contributed by atoms with E-state index in [-0.39, 0.29) is 18.7 Å².